The highest BCUT2D eigenvalue weighted by atomic mass is 32.2. The molecule has 1 unspecified atom stereocenters. The number of rotatable bonds is 9. The monoisotopic (exact) mass is 238 g/mol. The quantitative estimate of drug-likeness (QED) is 0.476. The van der Waals surface area contributed by atoms with Gasteiger partial charge in [0.1, 0.15) is 0 Å². The molecule has 0 spiro atoms. The Kier molecular flexibility index (Phi) is 8.00. The lowest BCUT2D eigenvalue weighted by atomic mass is 10.1. The molecule has 0 amide bonds. The molecule has 0 radical (unpaired) electrons. The topological polar surface area (TPSA) is 74.6 Å². The highest BCUT2D eigenvalue weighted by Gasteiger charge is 2.02. The average Bonchev–Trinajstić information content (AvgIpc) is 2.07. The molecule has 0 bridgehead atoms. The molecule has 0 heterocycles. The minimum atomic E-state index is -3.77. The van der Waals surface area contributed by atoms with E-state index in [1.165, 1.54) is 0 Å². The van der Waals surface area contributed by atoms with Crippen LogP contribution in [0.3, 0.4) is 0 Å². The van der Waals surface area contributed by atoms with E-state index in [2.05, 4.69) is 0 Å². The van der Waals surface area contributed by atoms with Gasteiger partial charge in [-0.2, -0.15) is 8.42 Å². The third-order valence-corrected chi connectivity index (χ3v) is 3.08. The summed E-state index contributed by atoms with van der Waals surface area (Å²) in [6, 6.07) is 0. The van der Waals surface area contributed by atoms with Crippen LogP contribution in [0.25, 0.3) is 0 Å². The number of aliphatic hydroxyl groups is 1. The maximum Gasteiger partial charge on any atom is 0.264 e. The summed E-state index contributed by atoms with van der Waals surface area (Å²) in [5, 5.41) is 8.99. The summed E-state index contributed by atoms with van der Waals surface area (Å²) in [5.74, 6) is -0.124. The highest BCUT2D eigenvalue weighted by Crippen LogP contribution is 2.09. The second-order valence-electron chi connectivity index (χ2n) is 4.05. The van der Waals surface area contributed by atoms with Gasteiger partial charge in [0.25, 0.3) is 10.1 Å². The van der Waals surface area contributed by atoms with Crippen LogP contribution in [0.15, 0.2) is 0 Å². The van der Waals surface area contributed by atoms with E-state index in [4.69, 9.17) is 9.66 Å². The lowest BCUT2D eigenvalue weighted by Gasteiger charge is -2.03. The van der Waals surface area contributed by atoms with Crippen molar-refractivity contribution in [3.63, 3.8) is 0 Å². The predicted molar refractivity (Wildman–Crippen MR) is 60.4 cm³/mol. The van der Waals surface area contributed by atoms with Crippen LogP contribution in [-0.4, -0.2) is 29.9 Å². The number of unbranched alkanes of at least 4 members (excludes halogenated alkanes) is 5. The highest BCUT2D eigenvalue weighted by molar-refractivity contribution is 7.85. The van der Waals surface area contributed by atoms with Crippen molar-refractivity contribution < 1.29 is 18.1 Å². The molecule has 15 heavy (non-hydrogen) atoms. The molecule has 0 aromatic heterocycles. The molecule has 5 heteroatoms. The molecule has 2 N–H and O–H groups in total. The number of hydrogen-bond donors (Lipinski definition) is 2. The van der Waals surface area contributed by atoms with Crippen molar-refractivity contribution in [2.75, 3.05) is 5.75 Å². The Labute approximate surface area is 92.4 Å². The van der Waals surface area contributed by atoms with Crippen molar-refractivity contribution >= 4 is 10.1 Å². The van der Waals surface area contributed by atoms with Crippen LogP contribution in [-0.2, 0) is 10.1 Å². The van der Waals surface area contributed by atoms with E-state index in [0.717, 1.165) is 38.5 Å². The Balaban J connectivity index is 3.12. The van der Waals surface area contributed by atoms with Crippen LogP contribution in [0.4, 0.5) is 0 Å². The van der Waals surface area contributed by atoms with Gasteiger partial charge in [-0.1, -0.05) is 32.1 Å². The van der Waals surface area contributed by atoms with Crippen molar-refractivity contribution in [2.24, 2.45) is 0 Å². The van der Waals surface area contributed by atoms with Crippen molar-refractivity contribution in [3.8, 4) is 0 Å². The standard InChI is InChI=1S/C10H22O4S/c1-10(11)8-6-4-2-3-5-7-9-15(12,13)14/h10-11H,2-9H2,1H3,(H,12,13,14). The zero-order valence-corrected chi connectivity index (χ0v) is 10.2. The lowest BCUT2D eigenvalue weighted by molar-refractivity contribution is 0.180. The summed E-state index contributed by atoms with van der Waals surface area (Å²) in [5.41, 5.74) is 0. The normalized spacial score (nSPS) is 14.1. The van der Waals surface area contributed by atoms with Crippen LogP contribution in [0.5, 0.6) is 0 Å². The molecule has 0 saturated carbocycles. The van der Waals surface area contributed by atoms with E-state index >= 15 is 0 Å². The van der Waals surface area contributed by atoms with E-state index in [-0.39, 0.29) is 11.9 Å². The van der Waals surface area contributed by atoms with Gasteiger partial charge in [-0.15, -0.1) is 0 Å². The average molecular weight is 238 g/mol. The fraction of sp³-hybridized carbons (Fsp3) is 1.00. The molecule has 0 rings (SSSR count). The van der Waals surface area contributed by atoms with Gasteiger partial charge in [0, 0.05) is 0 Å². The SMILES string of the molecule is CC(O)CCCCCCCCS(=O)(=O)O. The van der Waals surface area contributed by atoms with E-state index in [9.17, 15) is 8.42 Å². The van der Waals surface area contributed by atoms with Gasteiger partial charge in [-0.05, 0) is 19.8 Å². The van der Waals surface area contributed by atoms with Gasteiger partial charge in [0.15, 0.2) is 0 Å². The number of aliphatic hydroxyl groups excluding tert-OH is 1. The van der Waals surface area contributed by atoms with Crippen molar-refractivity contribution in [2.45, 2.75) is 58.0 Å². The Hall–Kier alpha value is -0.130. The van der Waals surface area contributed by atoms with Gasteiger partial charge in [0.2, 0.25) is 0 Å². The van der Waals surface area contributed by atoms with Crippen LogP contribution in [0, 0.1) is 0 Å². The molecule has 0 aliphatic heterocycles. The largest absolute Gasteiger partial charge is 0.393 e. The molecular weight excluding hydrogens is 216 g/mol. The Morgan fingerprint density at radius 3 is 1.93 bits per heavy atom. The smallest absolute Gasteiger partial charge is 0.264 e. The maximum atomic E-state index is 10.4. The van der Waals surface area contributed by atoms with Gasteiger partial charge in [0.05, 0.1) is 11.9 Å². The third-order valence-electron chi connectivity index (χ3n) is 2.27. The Morgan fingerprint density at radius 1 is 1.00 bits per heavy atom. The summed E-state index contributed by atoms with van der Waals surface area (Å²) in [6.45, 7) is 1.78. The van der Waals surface area contributed by atoms with Gasteiger partial charge in [-0.25, -0.2) is 0 Å². The lowest BCUT2D eigenvalue weighted by Crippen LogP contribution is -2.03. The molecule has 0 aromatic rings. The number of hydrogen-bond acceptors (Lipinski definition) is 3. The molecule has 92 valence electrons. The molecule has 1 atom stereocenters. The fourth-order valence-electron chi connectivity index (χ4n) is 1.43. The molecule has 0 aliphatic rings. The first kappa shape index (κ1) is 14.9. The second-order valence-corrected chi connectivity index (χ2v) is 5.62. The summed E-state index contributed by atoms with van der Waals surface area (Å²) >= 11 is 0. The first-order valence-corrected chi connectivity index (χ1v) is 7.16. The first-order valence-electron chi connectivity index (χ1n) is 5.55. The summed E-state index contributed by atoms with van der Waals surface area (Å²) in [7, 11) is -3.77. The summed E-state index contributed by atoms with van der Waals surface area (Å²) in [6.07, 6.45) is 6.17. The van der Waals surface area contributed by atoms with Crippen LogP contribution in [0.1, 0.15) is 51.9 Å². The summed E-state index contributed by atoms with van der Waals surface area (Å²) < 4.78 is 29.2. The third kappa shape index (κ3) is 13.9. The van der Waals surface area contributed by atoms with Crippen LogP contribution in [0.2, 0.25) is 0 Å². The van der Waals surface area contributed by atoms with Gasteiger partial charge in [-0.3, -0.25) is 4.55 Å². The van der Waals surface area contributed by atoms with Gasteiger partial charge < -0.3 is 5.11 Å². The first-order chi connectivity index (χ1) is 6.92. The van der Waals surface area contributed by atoms with E-state index < -0.39 is 10.1 Å². The minimum Gasteiger partial charge on any atom is -0.393 e. The summed E-state index contributed by atoms with van der Waals surface area (Å²) in [4.78, 5) is 0. The van der Waals surface area contributed by atoms with E-state index in [1.807, 2.05) is 0 Å². The molecule has 0 aromatic carbocycles. The zero-order valence-electron chi connectivity index (χ0n) is 9.35. The van der Waals surface area contributed by atoms with Crippen molar-refractivity contribution in [1.29, 1.82) is 0 Å². The zero-order chi connectivity index (χ0) is 11.7. The van der Waals surface area contributed by atoms with E-state index in [0.29, 0.717) is 6.42 Å². The molecule has 0 saturated heterocycles. The van der Waals surface area contributed by atoms with E-state index in [1.54, 1.807) is 6.92 Å². The fourth-order valence-corrected chi connectivity index (χ4v) is 2.00. The van der Waals surface area contributed by atoms with Crippen LogP contribution < -0.4 is 0 Å². The molecule has 0 fully saturated rings. The maximum absolute atomic E-state index is 10.4. The van der Waals surface area contributed by atoms with Crippen molar-refractivity contribution in [1.82, 2.24) is 0 Å². The van der Waals surface area contributed by atoms with Crippen molar-refractivity contribution in [3.05, 3.63) is 0 Å². The molecule has 0 aliphatic carbocycles. The van der Waals surface area contributed by atoms with Crippen LogP contribution >= 0.6 is 0 Å². The molecule has 4 nitrogen and oxygen atoms in total. The molecular formula is C10H22O4S. The predicted octanol–water partition coefficient (Wildman–Crippen LogP) is 1.99. The Bertz CT molecular complexity index is 234. The second kappa shape index (κ2) is 8.07. The minimum absolute atomic E-state index is 0.124. The van der Waals surface area contributed by atoms with Gasteiger partial charge >= 0.3 is 0 Å². The Morgan fingerprint density at radius 2 is 1.47 bits per heavy atom.